The van der Waals surface area contributed by atoms with Crippen LogP contribution in [0.1, 0.15) is 30.4 Å². The van der Waals surface area contributed by atoms with E-state index in [4.69, 9.17) is 11.6 Å². The van der Waals surface area contributed by atoms with Gasteiger partial charge in [0, 0.05) is 6.04 Å². The molecule has 2 unspecified atom stereocenters. The highest BCUT2D eigenvalue weighted by Crippen LogP contribution is 2.20. The van der Waals surface area contributed by atoms with Crippen LogP contribution in [0.3, 0.4) is 0 Å². The second-order valence-electron chi connectivity index (χ2n) is 7.29. The summed E-state index contributed by atoms with van der Waals surface area (Å²) < 4.78 is 1.66. The number of aromatic nitrogens is 2. The zero-order chi connectivity index (χ0) is 18.6. The second kappa shape index (κ2) is 8.24. The van der Waals surface area contributed by atoms with Gasteiger partial charge >= 0.3 is 0 Å². The van der Waals surface area contributed by atoms with E-state index in [-0.39, 0.29) is 10.9 Å². The lowest BCUT2D eigenvalue weighted by Gasteiger charge is -2.27. The van der Waals surface area contributed by atoms with Crippen LogP contribution >= 0.6 is 11.6 Å². The van der Waals surface area contributed by atoms with Crippen molar-refractivity contribution in [3.05, 3.63) is 76.3 Å². The molecule has 0 radical (unpaired) electrons. The first-order valence-electron chi connectivity index (χ1n) is 9.60. The van der Waals surface area contributed by atoms with Crippen LogP contribution in [0.4, 0.5) is 0 Å². The molecule has 1 aliphatic rings. The standard InChI is InChI=1S/C22H24ClN3O/c23-19(20-8-4-5-11-24-20)12-17-9-10-18-21(13-17)25-15-26(22(18)27)14-16-6-2-1-3-7-16/h1-3,6-7,9-10,13,15,19-20,24H,4-5,8,11-12,14H2. The van der Waals surface area contributed by atoms with Crippen molar-refractivity contribution in [2.24, 2.45) is 0 Å². The maximum Gasteiger partial charge on any atom is 0.261 e. The first-order chi connectivity index (χ1) is 13.2. The fourth-order valence-electron chi connectivity index (χ4n) is 3.78. The summed E-state index contributed by atoms with van der Waals surface area (Å²) in [4.78, 5) is 17.3. The van der Waals surface area contributed by atoms with E-state index in [2.05, 4.69) is 10.3 Å². The van der Waals surface area contributed by atoms with Gasteiger partial charge in [0.1, 0.15) is 0 Å². The van der Waals surface area contributed by atoms with Gasteiger partial charge in [-0.3, -0.25) is 9.36 Å². The first kappa shape index (κ1) is 18.2. The molecule has 2 heterocycles. The van der Waals surface area contributed by atoms with E-state index in [1.165, 1.54) is 12.8 Å². The summed E-state index contributed by atoms with van der Waals surface area (Å²) in [5, 5.41) is 4.22. The van der Waals surface area contributed by atoms with Gasteiger partial charge < -0.3 is 5.32 Å². The van der Waals surface area contributed by atoms with Gasteiger partial charge in [-0.2, -0.15) is 0 Å². The van der Waals surface area contributed by atoms with Crippen LogP contribution in [0.15, 0.2) is 59.7 Å². The van der Waals surface area contributed by atoms with Gasteiger partial charge in [-0.15, -0.1) is 11.6 Å². The van der Waals surface area contributed by atoms with Crippen molar-refractivity contribution in [2.75, 3.05) is 6.54 Å². The van der Waals surface area contributed by atoms with Crippen molar-refractivity contribution < 1.29 is 0 Å². The van der Waals surface area contributed by atoms with Crippen LogP contribution in [0.2, 0.25) is 0 Å². The Morgan fingerprint density at radius 1 is 1.15 bits per heavy atom. The third-order valence-corrected chi connectivity index (χ3v) is 5.76. The van der Waals surface area contributed by atoms with E-state index in [0.717, 1.165) is 36.0 Å². The first-order valence-corrected chi connectivity index (χ1v) is 10.0. The fraction of sp³-hybridized carbons (Fsp3) is 0.364. The van der Waals surface area contributed by atoms with Gasteiger partial charge in [0.25, 0.3) is 5.56 Å². The maximum atomic E-state index is 12.8. The Bertz CT molecular complexity index is 964. The van der Waals surface area contributed by atoms with Crippen LogP contribution in [-0.4, -0.2) is 27.5 Å². The Hall–Kier alpha value is -2.17. The molecule has 1 saturated heterocycles. The van der Waals surface area contributed by atoms with E-state index in [1.54, 1.807) is 10.9 Å². The van der Waals surface area contributed by atoms with Gasteiger partial charge in [0.15, 0.2) is 0 Å². The Morgan fingerprint density at radius 3 is 2.78 bits per heavy atom. The molecule has 1 aliphatic heterocycles. The quantitative estimate of drug-likeness (QED) is 0.685. The summed E-state index contributed by atoms with van der Waals surface area (Å²) in [6.07, 6.45) is 6.02. The van der Waals surface area contributed by atoms with Crippen molar-refractivity contribution in [1.29, 1.82) is 0 Å². The Kier molecular flexibility index (Phi) is 5.55. The summed E-state index contributed by atoms with van der Waals surface area (Å²) in [5.41, 5.74) is 2.94. The molecule has 2 aromatic carbocycles. The number of benzene rings is 2. The van der Waals surface area contributed by atoms with E-state index >= 15 is 0 Å². The molecule has 1 N–H and O–H groups in total. The summed E-state index contributed by atoms with van der Waals surface area (Å²) in [5.74, 6) is 0. The molecule has 140 valence electrons. The minimum Gasteiger partial charge on any atom is -0.312 e. The van der Waals surface area contributed by atoms with Crippen molar-refractivity contribution in [3.8, 4) is 0 Å². The average molecular weight is 382 g/mol. The molecule has 0 amide bonds. The minimum absolute atomic E-state index is 0.00762. The molecule has 4 rings (SSSR count). The third kappa shape index (κ3) is 4.23. The van der Waals surface area contributed by atoms with E-state index in [1.807, 2.05) is 48.5 Å². The maximum absolute atomic E-state index is 12.8. The largest absolute Gasteiger partial charge is 0.312 e. The molecule has 1 aromatic heterocycles. The number of alkyl halides is 1. The van der Waals surface area contributed by atoms with Crippen LogP contribution in [0, 0.1) is 0 Å². The molecule has 4 nitrogen and oxygen atoms in total. The normalized spacial score (nSPS) is 18.5. The molecule has 0 saturated carbocycles. The van der Waals surface area contributed by atoms with E-state index in [9.17, 15) is 4.79 Å². The minimum atomic E-state index is -0.00762. The molecule has 0 spiro atoms. The molecule has 1 fully saturated rings. The summed E-state index contributed by atoms with van der Waals surface area (Å²) in [7, 11) is 0. The third-order valence-electron chi connectivity index (χ3n) is 5.30. The monoisotopic (exact) mass is 381 g/mol. The fourth-order valence-corrected chi connectivity index (χ4v) is 4.17. The molecule has 3 aromatic rings. The van der Waals surface area contributed by atoms with E-state index < -0.39 is 0 Å². The zero-order valence-corrected chi connectivity index (χ0v) is 16.0. The highest BCUT2D eigenvalue weighted by atomic mass is 35.5. The number of nitrogens with zero attached hydrogens (tertiary/aromatic N) is 2. The smallest absolute Gasteiger partial charge is 0.261 e. The SMILES string of the molecule is O=c1c2ccc(CC(Cl)C3CCCCN3)cc2ncn1Cc1ccccc1. The average Bonchev–Trinajstić information content (AvgIpc) is 2.71. The van der Waals surface area contributed by atoms with Gasteiger partial charge in [0.2, 0.25) is 0 Å². The molecule has 0 bridgehead atoms. The van der Waals surface area contributed by atoms with Gasteiger partial charge in [-0.25, -0.2) is 4.98 Å². The summed E-state index contributed by atoms with van der Waals surface area (Å²) in [6.45, 7) is 1.58. The highest BCUT2D eigenvalue weighted by molar-refractivity contribution is 6.21. The van der Waals surface area contributed by atoms with Crippen molar-refractivity contribution in [2.45, 2.75) is 43.6 Å². The lowest BCUT2D eigenvalue weighted by molar-refractivity contribution is 0.387. The summed E-state index contributed by atoms with van der Waals surface area (Å²) in [6, 6.07) is 16.2. The van der Waals surface area contributed by atoms with Crippen LogP contribution in [-0.2, 0) is 13.0 Å². The van der Waals surface area contributed by atoms with Crippen LogP contribution in [0.25, 0.3) is 10.9 Å². The Balaban J connectivity index is 1.54. The van der Waals surface area contributed by atoms with Crippen molar-refractivity contribution in [1.82, 2.24) is 14.9 Å². The lowest BCUT2D eigenvalue weighted by Crippen LogP contribution is -2.41. The molecular formula is C22H24ClN3O. The number of hydrogen-bond donors (Lipinski definition) is 1. The molecule has 0 aliphatic carbocycles. The topological polar surface area (TPSA) is 46.9 Å². The molecule has 5 heteroatoms. The van der Waals surface area contributed by atoms with Gasteiger partial charge in [-0.1, -0.05) is 42.8 Å². The van der Waals surface area contributed by atoms with E-state index in [0.29, 0.717) is 18.0 Å². The highest BCUT2D eigenvalue weighted by Gasteiger charge is 2.21. The Morgan fingerprint density at radius 2 is 2.00 bits per heavy atom. The zero-order valence-electron chi connectivity index (χ0n) is 15.3. The number of rotatable bonds is 5. The van der Waals surface area contributed by atoms with Crippen LogP contribution in [0.5, 0.6) is 0 Å². The number of halogens is 1. The van der Waals surface area contributed by atoms with Crippen molar-refractivity contribution in [3.63, 3.8) is 0 Å². The molecule has 2 atom stereocenters. The van der Waals surface area contributed by atoms with Gasteiger partial charge in [0.05, 0.1) is 29.2 Å². The molecular weight excluding hydrogens is 358 g/mol. The summed E-state index contributed by atoms with van der Waals surface area (Å²) >= 11 is 6.64. The van der Waals surface area contributed by atoms with Crippen LogP contribution < -0.4 is 10.9 Å². The Labute approximate surface area is 164 Å². The molecule has 27 heavy (non-hydrogen) atoms. The van der Waals surface area contributed by atoms with Gasteiger partial charge in [-0.05, 0) is 49.1 Å². The lowest BCUT2D eigenvalue weighted by atomic mass is 9.97. The number of fused-ring (bicyclic) bond motifs is 1. The number of piperidine rings is 1. The number of hydrogen-bond acceptors (Lipinski definition) is 3. The van der Waals surface area contributed by atoms with Crippen molar-refractivity contribution >= 4 is 22.5 Å². The number of nitrogens with one attached hydrogen (secondary N) is 1. The second-order valence-corrected chi connectivity index (χ2v) is 7.85. The predicted octanol–water partition coefficient (Wildman–Crippen LogP) is 3.74. The predicted molar refractivity (Wildman–Crippen MR) is 111 cm³/mol.